The highest BCUT2D eigenvalue weighted by atomic mass is 16.5. The summed E-state index contributed by atoms with van der Waals surface area (Å²) in [5, 5.41) is 15.3. The van der Waals surface area contributed by atoms with Gasteiger partial charge in [-0.25, -0.2) is 0 Å². The van der Waals surface area contributed by atoms with Crippen LogP contribution in [0.1, 0.15) is 22.8 Å². The summed E-state index contributed by atoms with van der Waals surface area (Å²) in [4.78, 5) is 23.5. The van der Waals surface area contributed by atoms with Gasteiger partial charge in [0.25, 0.3) is 5.91 Å². The number of phenols is 1. The number of methoxy groups -OCH3 is 1. The number of hydrogen-bond donors (Lipinski definition) is 3. The highest BCUT2D eigenvalue weighted by Gasteiger charge is 2.14. The van der Waals surface area contributed by atoms with E-state index in [1.54, 1.807) is 31.2 Å². The second-order valence-electron chi connectivity index (χ2n) is 5.00. The van der Waals surface area contributed by atoms with Gasteiger partial charge in [0.15, 0.2) is 0 Å². The van der Waals surface area contributed by atoms with Crippen molar-refractivity contribution in [2.24, 2.45) is 0 Å². The van der Waals surface area contributed by atoms with Crippen LogP contribution in [0.25, 0.3) is 0 Å². The predicted octanol–water partition coefficient (Wildman–Crippen LogP) is 2.92. The van der Waals surface area contributed by atoms with Crippen molar-refractivity contribution in [1.29, 1.82) is 0 Å². The maximum absolute atomic E-state index is 12.3. The van der Waals surface area contributed by atoms with E-state index >= 15 is 0 Å². The van der Waals surface area contributed by atoms with Crippen LogP contribution in [0.2, 0.25) is 0 Å². The Morgan fingerprint density at radius 2 is 1.74 bits per heavy atom. The minimum atomic E-state index is -0.451. The van der Waals surface area contributed by atoms with Crippen molar-refractivity contribution in [1.82, 2.24) is 0 Å². The van der Waals surface area contributed by atoms with Gasteiger partial charge in [-0.15, -0.1) is 0 Å². The molecule has 0 saturated carbocycles. The SMILES string of the molecule is COc1ccc(C(=O)Nc2cccc(NC(C)=O)c2C)c(O)c1. The number of nitrogens with one attached hydrogen (secondary N) is 2. The average Bonchev–Trinajstić information content (AvgIpc) is 2.50. The van der Waals surface area contributed by atoms with Gasteiger partial charge in [0.05, 0.1) is 12.7 Å². The number of amides is 2. The molecule has 0 spiro atoms. The highest BCUT2D eigenvalue weighted by molar-refractivity contribution is 6.07. The predicted molar refractivity (Wildman–Crippen MR) is 88.1 cm³/mol. The van der Waals surface area contributed by atoms with Gasteiger partial charge >= 0.3 is 0 Å². The number of aromatic hydroxyl groups is 1. The van der Waals surface area contributed by atoms with Crippen LogP contribution < -0.4 is 15.4 Å². The zero-order chi connectivity index (χ0) is 17.0. The summed E-state index contributed by atoms with van der Waals surface area (Å²) in [6, 6.07) is 9.64. The van der Waals surface area contributed by atoms with Crippen LogP contribution in [0.15, 0.2) is 36.4 Å². The maximum atomic E-state index is 12.3. The van der Waals surface area contributed by atoms with E-state index in [9.17, 15) is 14.7 Å². The number of carbonyl (C=O) groups excluding carboxylic acids is 2. The molecule has 120 valence electrons. The smallest absolute Gasteiger partial charge is 0.259 e. The molecular formula is C17H18N2O4. The first-order valence-electron chi connectivity index (χ1n) is 6.98. The Kier molecular flexibility index (Phi) is 4.85. The van der Waals surface area contributed by atoms with Gasteiger partial charge in [0, 0.05) is 24.4 Å². The van der Waals surface area contributed by atoms with E-state index in [2.05, 4.69) is 10.6 Å². The van der Waals surface area contributed by atoms with Gasteiger partial charge < -0.3 is 20.5 Å². The molecule has 2 amide bonds. The van der Waals surface area contributed by atoms with E-state index in [-0.39, 0.29) is 17.2 Å². The molecule has 0 bridgehead atoms. The zero-order valence-corrected chi connectivity index (χ0v) is 13.1. The van der Waals surface area contributed by atoms with Crippen LogP contribution in [0.5, 0.6) is 11.5 Å². The molecule has 0 aliphatic heterocycles. The molecule has 2 aromatic carbocycles. The quantitative estimate of drug-likeness (QED) is 0.809. The highest BCUT2D eigenvalue weighted by Crippen LogP contribution is 2.27. The molecule has 2 rings (SSSR count). The topological polar surface area (TPSA) is 87.7 Å². The van der Waals surface area contributed by atoms with Gasteiger partial charge in [0.1, 0.15) is 11.5 Å². The summed E-state index contributed by atoms with van der Waals surface area (Å²) in [6.07, 6.45) is 0. The van der Waals surface area contributed by atoms with Crippen molar-refractivity contribution in [2.75, 3.05) is 17.7 Å². The molecule has 6 heteroatoms. The van der Waals surface area contributed by atoms with E-state index in [0.29, 0.717) is 17.1 Å². The van der Waals surface area contributed by atoms with Crippen LogP contribution in [0.4, 0.5) is 11.4 Å². The van der Waals surface area contributed by atoms with E-state index in [4.69, 9.17) is 4.74 Å². The van der Waals surface area contributed by atoms with E-state index < -0.39 is 5.91 Å². The zero-order valence-electron chi connectivity index (χ0n) is 13.1. The number of rotatable bonds is 4. The molecular weight excluding hydrogens is 296 g/mol. The Bertz CT molecular complexity index is 756. The molecule has 3 N–H and O–H groups in total. The first kappa shape index (κ1) is 16.4. The second kappa shape index (κ2) is 6.83. The number of anilines is 2. The molecule has 0 radical (unpaired) electrons. The van der Waals surface area contributed by atoms with Crippen molar-refractivity contribution in [3.8, 4) is 11.5 Å². The molecule has 0 saturated heterocycles. The fourth-order valence-electron chi connectivity index (χ4n) is 2.12. The van der Waals surface area contributed by atoms with Crippen LogP contribution >= 0.6 is 0 Å². The van der Waals surface area contributed by atoms with Crippen molar-refractivity contribution in [2.45, 2.75) is 13.8 Å². The third kappa shape index (κ3) is 3.79. The lowest BCUT2D eigenvalue weighted by Crippen LogP contribution is -2.14. The first-order chi connectivity index (χ1) is 10.9. The van der Waals surface area contributed by atoms with Crippen LogP contribution in [-0.4, -0.2) is 24.0 Å². The standard InChI is InChI=1S/C17H18N2O4/c1-10-14(18-11(2)20)5-4-6-15(10)19-17(22)13-8-7-12(23-3)9-16(13)21/h4-9,21H,1-3H3,(H,18,20)(H,19,22). The Hall–Kier alpha value is -3.02. The second-order valence-corrected chi connectivity index (χ2v) is 5.00. The Balaban J connectivity index is 2.25. The number of hydrogen-bond acceptors (Lipinski definition) is 4. The first-order valence-corrected chi connectivity index (χ1v) is 6.98. The number of carbonyl (C=O) groups is 2. The van der Waals surface area contributed by atoms with E-state index in [1.165, 1.54) is 26.2 Å². The summed E-state index contributed by atoms with van der Waals surface area (Å²) in [6.45, 7) is 3.20. The molecule has 0 fully saturated rings. The van der Waals surface area contributed by atoms with Gasteiger partial charge in [-0.2, -0.15) is 0 Å². The lowest BCUT2D eigenvalue weighted by atomic mass is 10.1. The number of phenolic OH excluding ortho intramolecular Hbond substituents is 1. The monoisotopic (exact) mass is 314 g/mol. The summed E-state index contributed by atoms with van der Waals surface area (Å²) in [5.41, 5.74) is 2.03. The third-order valence-electron chi connectivity index (χ3n) is 3.34. The van der Waals surface area contributed by atoms with Gasteiger partial charge in [-0.1, -0.05) is 6.07 Å². The Morgan fingerprint density at radius 1 is 1.09 bits per heavy atom. The molecule has 23 heavy (non-hydrogen) atoms. The van der Waals surface area contributed by atoms with Gasteiger partial charge in [0.2, 0.25) is 5.91 Å². The molecule has 0 aromatic heterocycles. The van der Waals surface area contributed by atoms with Crippen LogP contribution in [-0.2, 0) is 4.79 Å². The van der Waals surface area contributed by atoms with Crippen molar-refractivity contribution >= 4 is 23.2 Å². The molecule has 6 nitrogen and oxygen atoms in total. The number of benzene rings is 2. The fraction of sp³-hybridized carbons (Fsp3) is 0.176. The fourth-order valence-corrected chi connectivity index (χ4v) is 2.12. The molecule has 0 unspecified atom stereocenters. The molecule has 0 aliphatic carbocycles. The Labute approximate surface area is 134 Å². The van der Waals surface area contributed by atoms with Crippen LogP contribution in [0.3, 0.4) is 0 Å². The molecule has 0 heterocycles. The lowest BCUT2D eigenvalue weighted by Gasteiger charge is -2.13. The molecule has 0 atom stereocenters. The average molecular weight is 314 g/mol. The Morgan fingerprint density at radius 3 is 2.30 bits per heavy atom. The minimum Gasteiger partial charge on any atom is -0.507 e. The van der Waals surface area contributed by atoms with Gasteiger partial charge in [-0.05, 0) is 36.8 Å². The number of ether oxygens (including phenoxy) is 1. The maximum Gasteiger partial charge on any atom is 0.259 e. The summed E-state index contributed by atoms with van der Waals surface area (Å²) in [7, 11) is 1.48. The van der Waals surface area contributed by atoms with E-state index in [0.717, 1.165) is 5.56 Å². The summed E-state index contributed by atoms with van der Waals surface area (Å²) >= 11 is 0. The van der Waals surface area contributed by atoms with Gasteiger partial charge in [-0.3, -0.25) is 9.59 Å². The largest absolute Gasteiger partial charge is 0.507 e. The normalized spacial score (nSPS) is 10.0. The third-order valence-corrected chi connectivity index (χ3v) is 3.34. The van der Waals surface area contributed by atoms with Crippen molar-refractivity contribution < 1.29 is 19.4 Å². The van der Waals surface area contributed by atoms with Crippen molar-refractivity contribution in [3.63, 3.8) is 0 Å². The minimum absolute atomic E-state index is 0.134. The van der Waals surface area contributed by atoms with Crippen LogP contribution in [0, 0.1) is 6.92 Å². The molecule has 2 aromatic rings. The lowest BCUT2D eigenvalue weighted by molar-refractivity contribution is -0.114. The molecule has 0 aliphatic rings. The summed E-state index contributed by atoms with van der Waals surface area (Å²) < 4.78 is 4.99. The van der Waals surface area contributed by atoms with Crippen molar-refractivity contribution in [3.05, 3.63) is 47.5 Å². The summed E-state index contributed by atoms with van der Waals surface area (Å²) in [5.74, 6) is -0.349. The van der Waals surface area contributed by atoms with E-state index in [1.807, 2.05) is 0 Å².